The van der Waals surface area contributed by atoms with Crippen LogP contribution in [0.5, 0.6) is 5.75 Å². The average molecular weight is 504 g/mol. The number of aliphatic carboxylic acids is 1. The Morgan fingerprint density at radius 2 is 1.49 bits per heavy atom. The molecule has 0 spiro atoms. The minimum Gasteiger partial charge on any atom is -0.497 e. The smallest absolute Gasteiger partial charge is 0.322 e. The average Bonchev–Trinajstić information content (AvgIpc) is 2.93. The van der Waals surface area contributed by atoms with Crippen molar-refractivity contribution in [2.75, 3.05) is 20.2 Å². The third-order valence-corrected chi connectivity index (χ3v) is 6.08. The first-order valence-electron chi connectivity index (χ1n) is 12.2. The van der Waals surface area contributed by atoms with Crippen molar-refractivity contribution in [3.05, 3.63) is 102 Å². The van der Waals surface area contributed by atoms with Crippen LogP contribution in [0.3, 0.4) is 0 Å². The highest BCUT2D eigenvalue weighted by molar-refractivity contribution is 5.93. The largest absolute Gasteiger partial charge is 0.497 e. The van der Waals surface area contributed by atoms with E-state index in [1.54, 1.807) is 24.1 Å². The number of nitrogens with two attached hydrogens (primary N) is 1. The molecule has 2 amide bonds. The number of carboxylic acid groups (broad SMARTS) is 1. The fourth-order valence-corrected chi connectivity index (χ4v) is 4.22. The van der Waals surface area contributed by atoms with Crippen LogP contribution < -0.4 is 15.8 Å². The number of benzene rings is 3. The maximum atomic E-state index is 14.4. The number of methoxy groups -OCH3 is 1. The molecule has 8 nitrogen and oxygen atoms in total. The first-order chi connectivity index (χ1) is 17.9. The van der Waals surface area contributed by atoms with Gasteiger partial charge in [0.1, 0.15) is 18.3 Å². The van der Waals surface area contributed by atoms with E-state index in [2.05, 4.69) is 5.32 Å². The number of carbonyl (C=O) groups is 3. The second-order valence-corrected chi connectivity index (χ2v) is 8.63. The van der Waals surface area contributed by atoms with E-state index in [1.807, 2.05) is 72.8 Å². The van der Waals surface area contributed by atoms with Gasteiger partial charge in [0.25, 0.3) is 0 Å². The van der Waals surface area contributed by atoms with Gasteiger partial charge in [0, 0.05) is 6.54 Å². The molecule has 0 saturated heterocycles. The van der Waals surface area contributed by atoms with Crippen LogP contribution in [0.4, 0.5) is 0 Å². The molecule has 0 saturated carbocycles. The maximum absolute atomic E-state index is 14.4. The van der Waals surface area contributed by atoms with Crippen molar-refractivity contribution in [1.29, 1.82) is 0 Å². The molecule has 8 heteroatoms. The molecule has 0 unspecified atom stereocenters. The minimum atomic E-state index is -1.16. The molecule has 3 aromatic rings. The summed E-state index contributed by atoms with van der Waals surface area (Å²) in [6.45, 7) is -0.0634. The third-order valence-electron chi connectivity index (χ3n) is 6.08. The monoisotopic (exact) mass is 503 g/mol. The van der Waals surface area contributed by atoms with Crippen LogP contribution in [-0.4, -0.2) is 54.0 Å². The van der Waals surface area contributed by atoms with Crippen LogP contribution in [0.1, 0.15) is 35.4 Å². The number of ether oxygens (including phenoxy) is 1. The maximum Gasteiger partial charge on any atom is 0.322 e. The van der Waals surface area contributed by atoms with E-state index in [-0.39, 0.29) is 12.5 Å². The molecule has 0 aliphatic heterocycles. The zero-order valence-corrected chi connectivity index (χ0v) is 20.9. The third kappa shape index (κ3) is 7.65. The topological polar surface area (TPSA) is 122 Å². The fraction of sp³-hybridized carbons (Fsp3) is 0.276. The molecule has 194 valence electrons. The summed E-state index contributed by atoms with van der Waals surface area (Å²) in [6, 6.07) is 25.2. The minimum absolute atomic E-state index is 0.148. The van der Waals surface area contributed by atoms with E-state index in [0.717, 1.165) is 16.7 Å². The Kier molecular flexibility index (Phi) is 10.2. The molecule has 3 aromatic carbocycles. The van der Waals surface area contributed by atoms with Gasteiger partial charge in [-0.2, -0.15) is 0 Å². The summed E-state index contributed by atoms with van der Waals surface area (Å²) in [5, 5.41) is 11.6. The Balaban J connectivity index is 2.07. The summed E-state index contributed by atoms with van der Waals surface area (Å²) in [6.07, 6.45) is 0.777. The van der Waals surface area contributed by atoms with Crippen LogP contribution in [0, 0.1) is 0 Å². The predicted octanol–water partition coefficient (Wildman–Crippen LogP) is 3.16. The number of amides is 2. The fourth-order valence-electron chi connectivity index (χ4n) is 4.22. The Labute approximate surface area is 217 Å². The summed E-state index contributed by atoms with van der Waals surface area (Å²) in [5.74, 6) is -1.94. The highest BCUT2D eigenvalue weighted by Gasteiger charge is 2.35. The van der Waals surface area contributed by atoms with Gasteiger partial charge in [-0.3, -0.25) is 14.4 Å². The first-order valence-corrected chi connectivity index (χ1v) is 12.2. The molecule has 0 bridgehead atoms. The summed E-state index contributed by atoms with van der Waals surface area (Å²) in [4.78, 5) is 40.3. The highest BCUT2D eigenvalue weighted by Crippen LogP contribution is 2.29. The Morgan fingerprint density at radius 3 is 1.97 bits per heavy atom. The number of carboxylic acids is 1. The van der Waals surface area contributed by atoms with E-state index in [4.69, 9.17) is 15.6 Å². The van der Waals surface area contributed by atoms with Gasteiger partial charge in [0.2, 0.25) is 11.8 Å². The lowest BCUT2D eigenvalue weighted by Crippen LogP contribution is -2.51. The number of nitrogens with zero attached hydrogens (tertiary/aromatic N) is 1. The summed E-state index contributed by atoms with van der Waals surface area (Å²) >= 11 is 0. The quantitative estimate of drug-likeness (QED) is 0.329. The molecule has 0 aliphatic carbocycles. The Morgan fingerprint density at radius 1 is 0.919 bits per heavy atom. The van der Waals surface area contributed by atoms with E-state index >= 15 is 0 Å². The number of hydrogen-bond donors (Lipinski definition) is 3. The number of nitrogens with one attached hydrogen (secondary N) is 1. The number of carbonyl (C=O) groups excluding carboxylic acids is 2. The predicted molar refractivity (Wildman–Crippen MR) is 141 cm³/mol. The van der Waals surface area contributed by atoms with Crippen LogP contribution in [0.25, 0.3) is 0 Å². The van der Waals surface area contributed by atoms with Crippen molar-refractivity contribution in [1.82, 2.24) is 10.2 Å². The van der Waals surface area contributed by atoms with Crippen molar-refractivity contribution in [3.8, 4) is 5.75 Å². The van der Waals surface area contributed by atoms with Gasteiger partial charge < -0.3 is 25.8 Å². The molecule has 0 radical (unpaired) electrons. The molecule has 3 rings (SSSR count). The Bertz CT molecular complexity index is 1110. The van der Waals surface area contributed by atoms with Gasteiger partial charge in [-0.25, -0.2) is 0 Å². The number of rotatable bonds is 13. The van der Waals surface area contributed by atoms with Gasteiger partial charge in [-0.15, -0.1) is 0 Å². The van der Waals surface area contributed by atoms with Gasteiger partial charge in [0.15, 0.2) is 0 Å². The van der Waals surface area contributed by atoms with Crippen molar-refractivity contribution in [3.63, 3.8) is 0 Å². The van der Waals surface area contributed by atoms with Gasteiger partial charge in [0.05, 0.1) is 13.0 Å². The van der Waals surface area contributed by atoms with Crippen LogP contribution >= 0.6 is 0 Å². The van der Waals surface area contributed by atoms with Crippen molar-refractivity contribution >= 4 is 17.8 Å². The van der Waals surface area contributed by atoms with Crippen LogP contribution in [0.2, 0.25) is 0 Å². The lowest BCUT2D eigenvalue weighted by atomic mass is 9.89. The molecule has 0 aliphatic rings. The second-order valence-electron chi connectivity index (χ2n) is 8.63. The van der Waals surface area contributed by atoms with E-state index in [0.29, 0.717) is 25.1 Å². The second kappa shape index (κ2) is 13.8. The van der Waals surface area contributed by atoms with Crippen LogP contribution in [0.15, 0.2) is 84.9 Å². The molecule has 0 heterocycles. The lowest BCUT2D eigenvalue weighted by Gasteiger charge is -2.34. The SMILES string of the molecule is COc1ccc(CN(C(=O)C(c2ccccc2)c2ccccc2)[C@H](CCCN)C(=O)NCC(=O)O)cc1. The van der Waals surface area contributed by atoms with Crippen molar-refractivity contribution in [2.24, 2.45) is 5.73 Å². The molecule has 0 fully saturated rings. The standard InChI is InChI=1S/C29H33N3O5/c1-37-24-16-14-21(15-17-24)20-32(25(13-8-18-30)28(35)31-19-26(33)34)29(36)27(22-9-4-2-5-10-22)23-11-6-3-7-12-23/h2-7,9-12,14-17,25,27H,8,13,18-20,30H2,1H3,(H,31,35)(H,33,34)/t25-/m1/s1. The summed E-state index contributed by atoms with van der Waals surface area (Å²) in [5.41, 5.74) is 8.15. The number of hydrogen-bond acceptors (Lipinski definition) is 5. The lowest BCUT2D eigenvalue weighted by molar-refractivity contribution is -0.143. The van der Waals surface area contributed by atoms with E-state index < -0.39 is 30.4 Å². The zero-order chi connectivity index (χ0) is 26.6. The van der Waals surface area contributed by atoms with Crippen molar-refractivity contribution < 1.29 is 24.2 Å². The van der Waals surface area contributed by atoms with Gasteiger partial charge >= 0.3 is 5.97 Å². The first kappa shape index (κ1) is 27.4. The Hall–Kier alpha value is -4.17. The van der Waals surface area contributed by atoms with Crippen LogP contribution in [-0.2, 0) is 20.9 Å². The molecule has 37 heavy (non-hydrogen) atoms. The summed E-state index contributed by atoms with van der Waals surface area (Å²) < 4.78 is 5.25. The molecular formula is C29H33N3O5. The normalized spacial score (nSPS) is 11.5. The molecule has 1 atom stereocenters. The molecule has 0 aromatic heterocycles. The molecular weight excluding hydrogens is 470 g/mol. The zero-order valence-electron chi connectivity index (χ0n) is 20.9. The summed E-state index contributed by atoms with van der Waals surface area (Å²) in [7, 11) is 1.57. The van der Waals surface area contributed by atoms with Gasteiger partial charge in [-0.05, 0) is 48.2 Å². The van der Waals surface area contributed by atoms with E-state index in [1.165, 1.54) is 0 Å². The van der Waals surface area contributed by atoms with Crippen molar-refractivity contribution in [2.45, 2.75) is 31.3 Å². The highest BCUT2D eigenvalue weighted by atomic mass is 16.5. The molecule has 4 N–H and O–H groups in total. The van der Waals surface area contributed by atoms with E-state index in [9.17, 15) is 14.4 Å². The van der Waals surface area contributed by atoms with Gasteiger partial charge in [-0.1, -0.05) is 72.8 Å².